The van der Waals surface area contributed by atoms with Gasteiger partial charge in [0.15, 0.2) is 6.29 Å². The molecule has 1 aliphatic rings. The largest absolute Gasteiger partial charge is 0.298 e. The third-order valence-corrected chi connectivity index (χ3v) is 4.86. The molecule has 0 heterocycles. The second kappa shape index (κ2) is 5.72. The van der Waals surface area contributed by atoms with Crippen LogP contribution in [0.4, 0.5) is 0 Å². The van der Waals surface area contributed by atoms with Gasteiger partial charge in [0, 0.05) is 15.7 Å². The van der Waals surface area contributed by atoms with E-state index < -0.39 is 0 Å². The molecular weight excluding hydrogens is 228 g/mol. The van der Waals surface area contributed by atoms with Crippen LogP contribution in [0.15, 0.2) is 23.1 Å². The molecule has 1 fully saturated rings. The van der Waals surface area contributed by atoms with Crippen LogP contribution in [0.25, 0.3) is 0 Å². The third kappa shape index (κ3) is 3.35. The number of aryl methyl sites for hydroxylation is 1. The Morgan fingerprint density at radius 3 is 2.88 bits per heavy atom. The predicted molar refractivity (Wildman–Crippen MR) is 73.8 cm³/mol. The lowest BCUT2D eigenvalue weighted by molar-refractivity contribution is 0.112. The summed E-state index contributed by atoms with van der Waals surface area (Å²) < 4.78 is 0. The molecule has 2 unspecified atom stereocenters. The summed E-state index contributed by atoms with van der Waals surface area (Å²) in [5.74, 6) is 0.839. The first-order chi connectivity index (χ1) is 8.19. The fourth-order valence-electron chi connectivity index (χ4n) is 2.53. The van der Waals surface area contributed by atoms with Crippen LogP contribution in [-0.2, 0) is 0 Å². The molecule has 1 aliphatic carbocycles. The molecule has 0 saturated heterocycles. The van der Waals surface area contributed by atoms with E-state index in [0.29, 0.717) is 5.25 Å². The third-order valence-electron chi connectivity index (χ3n) is 3.47. The van der Waals surface area contributed by atoms with E-state index >= 15 is 0 Å². The van der Waals surface area contributed by atoms with Crippen LogP contribution < -0.4 is 0 Å². The van der Waals surface area contributed by atoms with Gasteiger partial charge >= 0.3 is 0 Å². The van der Waals surface area contributed by atoms with Crippen molar-refractivity contribution in [2.45, 2.75) is 49.7 Å². The second-order valence-corrected chi connectivity index (χ2v) is 6.51. The smallest absolute Gasteiger partial charge is 0.151 e. The van der Waals surface area contributed by atoms with Crippen LogP contribution in [0.2, 0.25) is 0 Å². The van der Waals surface area contributed by atoms with Crippen LogP contribution in [0.1, 0.15) is 48.5 Å². The lowest BCUT2D eigenvalue weighted by atomic mass is 9.91. The van der Waals surface area contributed by atoms with E-state index in [1.54, 1.807) is 0 Å². The van der Waals surface area contributed by atoms with Crippen LogP contribution >= 0.6 is 11.8 Å². The van der Waals surface area contributed by atoms with Gasteiger partial charge in [-0.3, -0.25) is 4.79 Å². The van der Waals surface area contributed by atoms with Crippen molar-refractivity contribution in [3.8, 4) is 0 Å². The van der Waals surface area contributed by atoms with E-state index in [-0.39, 0.29) is 0 Å². The molecule has 0 radical (unpaired) electrons. The van der Waals surface area contributed by atoms with Gasteiger partial charge in [0.05, 0.1) is 0 Å². The summed E-state index contributed by atoms with van der Waals surface area (Å²) in [6.07, 6.45) is 6.27. The zero-order valence-electron chi connectivity index (χ0n) is 10.6. The molecule has 92 valence electrons. The fraction of sp³-hybridized carbons (Fsp3) is 0.533. The maximum absolute atomic E-state index is 11.1. The van der Waals surface area contributed by atoms with Crippen molar-refractivity contribution < 1.29 is 4.79 Å². The van der Waals surface area contributed by atoms with E-state index in [9.17, 15) is 4.79 Å². The predicted octanol–water partition coefficient (Wildman–Crippen LogP) is 4.48. The maximum Gasteiger partial charge on any atom is 0.151 e. The Hall–Kier alpha value is -0.760. The van der Waals surface area contributed by atoms with Gasteiger partial charge in [-0.2, -0.15) is 0 Å². The Kier molecular flexibility index (Phi) is 4.27. The summed E-state index contributed by atoms with van der Waals surface area (Å²) in [4.78, 5) is 12.2. The Labute approximate surface area is 108 Å². The van der Waals surface area contributed by atoms with E-state index in [2.05, 4.69) is 19.1 Å². The van der Waals surface area contributed by atoms with Crippen LogP contribution in [0.5, 0.6) is 0 Å². The zero-order valence-corrected chi connectivity index (χ0v) is 11.4. The summed E-state index contributed by atoms with van der Waals surface area (Å²) in [6, 6.07) is 6.19. The summed E-state index contributed by atoms with van der Waals surface area (Å²) in [7, 11) is 0. The van der Waals surface area contributed by atoms with Crippen LogP contribution in [-0.4, -0.2) is 11.5 Å². The summed E-state index contributed by atoms with van der Waals surface area (Å²) in [5.41, 5.74) is 2.02. The standard InChI is InChI=1S/C15H20OS/c1-11-4-3-5-14(9-11)17-15-7-6-12(2)8-13(15)10-16/h6-8,10-11,14H,3-5,9H2,1-2H3. The fourth-order valence-corrected chi connectivity index (χ4v) is 3.99. The maximum atomic E-state index is 11.1. The van der Waals surface area contributed by atoms with Gasteiger partial charge in [0.1, 0.15) is 0 Å². The number of carbonyl (C=O) groups excluding carboxylic acids is 1. The molecule has 0 aromatic heterocycles. The average Bonchev–Trinajstić information content (AvgIpc) is 2.31. The molecule has 1 nitrogen and oxygen atoms in total. The van der Waals surface area contributed by atoms with Gasteiger partial charge in [-0.25, -0.2) is 0 Å². The molecule has 2 rings (SSSR count). The molecule has 0 bridgehead atoms. The van der Waals surface area contributed by atoms with Crippen molar-refractivity contribution in [3.05, 3.63) is 29.3 Å². The Morgan fingerprint density at radius 2 is 2.18 bits per heavy atom. The van der Waals surface area contributed by atoms with Gasteiger partial charge in [-0.15, -0.1) is 11.8 Å². The highest BCUT2D eigenvalue weighted by Crippen LogP contribution is 2.37. The molecule has 0 aliphatic heterocycles. The topological polar surface area (TPSA) is 17.1 Å². The molecule has 0 N–H and O–H groups in total. The van der Waals surface area contributed by atoms with Crippen LogP contribution in [0.3, 0.4) is 0 Å². The quantitative estimate of drug-likeness (QED) is 0.734. The minimum atomic E-state index is 0.695. The molecule has 2 heteroatoms. The lowest BCUT2D eigenvalue weighted by Gasteiger charge is -2.26. The number of rotatable bonds is 3. The monoisotopic (exact) mass is 248 g/mol. The Balaban J connectivity index is 2.09. The first-order valence-electron chi connectivity index (χ1n) is 6.41. The average molecular weight is 248 g/mol. The first kappa shape index (κ1) is 12.7. The number of hydrogen-bond acceptors (Lipinski definition) is 2. The van der Waals surface area contributed by atoms with Crippen molar-refractivity contribution in [3.63, 3.8) is 0 Å². The molecule has 1 aromatic rings. The van der Waals surface area contributed by atoms with Crippen molar-refractivity contribution in [2.75, 3.05) is 0 Å². The van der Waals surface area contributed by atoms with E-state index in [0.717, 1.165) is 28.2 Å². The highest BCUT2D eigenvalue weighted by molar-refractivity contribution is 8.00. The molecular formula is C15H20OS. The first-order valence-corrected chi connectivity index (χ1v) is 7.29. The van der Waals surface area contributed by atoms with Crippen molar-refractivity contribution in [1.29, 1.82) is 0 Å². The van der Waals surface area contributed by atoms with Gasteiger partial charge in [-0.05, 0) is 37.8 Å². The van der Waals surface area contributed by atoms with E-state index in [4.69, 9.17) is 0 Å². The number of benzene rings is 1. The summed E-state index contributed by atoms with van der Waals surface area (Å²) in [6.45, 7) is 4.37. The summed E-state index contributed by atoms with van der Waals surface area (Å²) >= 11 is 1.90. The number of carbonyl (C=O) groups is 1. The number of aldehydes is 1. The SMILES string of the molecule is Cc1ccc(SC2CCCC(C)C2)c(C=O)c1. The molecule has 1 aromatic carbocycles. The summed E-state index contributed by atoms with van der Waals surface area (Å²) in [5, 5.41) is 0.695. The molecule has 17 heavy (non-hydrogen) atoms. The Bertz CT molecular complexity index is 400. The number of thioether (sulfide) groups is 1. The Morgan fingerprint density at radius 1 is 1.35 bits per heavy atom. The van der Waals surface area contributed by atoms with Crippen LogP contribution in [0, 0.1) is 12.8 Å². The minimum absolute atomic E-state index is 0.695. The van der Waals surface area contributed by atoms with Crippen molar-refractivity contribution in [1.82, 2.24) is 0 Å². The lowest BCUT2D eigenvalue weighted by Crippen LogP contribution is -2.15. The highest BCUT2D eigenvalue weighted by Gasteiger charge is 2.20. The number of hydrogen-bond donors (Lipinski definition) is 0. The van der Waals surface area contributed by atoms with Gasteiger partial charge < -0.3 is 0 Å². The highest BCUT2D eigenvalue weighted by atomic mass is 32.2. The van der Waals surface area contributed by atoms with E-state index in [1.165, 1.54) is 25.7 Å². The molecule has 1 saturated carbocycles. The minimum Gasteiger partial charge on any atom is -0.298 e. The molecule has 0 amide bonds. The normalized spacial score (nSPS) is 24.6. The van der Waals surface area contributed by atoms with Crippen molar-refractivity contribution >= 4 is 18.0 Å². The van der Waals surface area contributed by atoms with Crippen molar-refractivity contribution in [2.24, 2.45) is 5.92 Å². The van der Waals surface area contributed by atoms with Gasteiger partial charge in [0.25, 0.3) is 0 Å². The second-order valence-electron chi connectivity index (χ2n) is 5.17. The van der Waals surface area contributed by atoms with Gasteiger partial charge in [0.2, 0.25) is 0 Å². The molecule has 2 atom stereocenters. The molecule has 0 spiro atoms. The zero-order chi connectivity index (χ0) is 12.3. The van der Waals surface area contributed by atoms with E-state index in [1.807, 2.05) is 24.8 Å². The van der Waals surface area contributed by atoms with Gasteiger partial charge in [-0.1, -0.05) is 31.4 Å².